The molecule has 2 aromatic heterocycles. The van der Waals surface area contributed by atoms with Crippen molar-refractivity contribution in [3.8, 4) is 11.8 Å². The fraction of sp³-hybridized carbons (Fsp3) is 0.500. The summed E-state index contributed by atoms with van der Waals surface area (Å²) in [4.78, 5) is 22.6. The number of H-pyrrole nitrogens is 1. The molecule has 19 heavy (non-hydrogen) atoms. The van der Waals surface area contributed by atoms with Crippen molar-refractivity contribution in [3.63, 3.8) is 0 Å². The van der Waals surface area contributed by atoms with Crippen molar-refractivity contribution in [2.75, 3.05) is 0 Å². The summed E-state index contributed by atoms with van der Waals surface area (Å²) >= 11 is 0. The topological polar surface area (TPSA) is 63.6 Å². The zero-order valence-electron chi connectivity index (χ0n) is 10.9. The van der Waals surface area contributed by atoms with Gasteiger partial charge in [-0.25, -0.2) is 9.97 Å². The van der Waals surface area contributed by atoms with Crippen molar-refractivity contribution in [2.45, 2.75) is 32.1 Å². The Bertz CT molecular complexity index is 710. The van der Waals surface area contributed by atoms with Crippen LogP contribution < -0.4 is 5.56 Å². The van der Waals surface area contributed by atoms with Gasteiger partial charge in [0.25, 0.3) is 5.56 Å². The van der Waals surface area contributed by atoms with Gasteiger partial charge in [-0.3, -0.25) is 4.79 Å². The predicted molar refractivity (Wildman–Crippen MR) is 72.6 cm³/mol. The molecule has 0 atom stereocenters. The molecule has 5 heteroatoms. The van der Waals surface area contributed by atoms with Crippen LogP contribution in [0.15, 0.2) is 11.1 Å². The molecule has 0 aromatic carbocycles. The summed E-state index contributed by atoms with van der Waals surface area (Å²) in [6.07, 6.45) is 7.60. The Morgan fingerprint density at radius 3 is 2.89 bits per heavy atom. The molecular formula is C14H16N4O. The van der Waals surface area contributed by atoms with E-state index in [2.05, 4.69) is 26.8 Å². The van der Waals surface area contributed by atoms with Crippen molar-refractivity contribution < 1.29 is 0 Å². The third kappa shape index (κ3) is 2.26. The lowest BCUT2D eigenvalue weighted by Gasteiger charge is -2.15. The van der Waals surface area contributed by atoms with Gasteiger partial charge in [0.1, 0.15) is 0 Å². The van der Waals surface area contributed by atoms with Gasteiger partial charge >= 0.3 is 0 Å². The van der Waals surface area contributed by atoms with Gasteiger partial charge in [-0.2, -0.15) is 0 Å². The first-order chi connectivity index (χ1) is 9.25. The van der Waals surface area contributed by atoms with Crippen LogP contribution in [0.1, 0.15) is 37.9 Å². The highest BCUT2D eigenvalue weighted by Gasteiger charge is 2.12. The highest BCUT2D eigenvalue weighted by atomic mass is 16.1. The zero-order valence-corrected chi connectivity index (χ0v) is 10.9. The molecule has 1 saturated carbocycles. The molecule has 1 N–H and O–H groups in total. The molecule has 2 aromatic rings. The number of rotatable bonds is 0. The first-order valence-corrected chi connectivity index (χ1v) is 6.67. The fourth-order valence-corrected chi connectivity index (χ4v) is 2.54. The number of aromatic nitrogens is 4. The summed E-state index contributed by atoms with van der Waals surface area (Å²) in [6, 6.07) is 0. The van der Waals surface area contributed by atoms with Crippen LogP contribution in [0.3, 0.4) is 0 Å². The molecule has 0 saturated heterocycles. The Morgan fingerprint density at radius 2 is 2.16 bits per heavy atom. The lowest BCUT2D eigenvalue weighted by molar-refractivity contribution is 0.430. The van der Waals surface area contributed by atoms with Crippen molar-refractivity contribution in [3.05, 3.63) is 22.5 Å². The number of aryl methyl sites for hydroxylation is 1. The molecular weight excluding hydrogens is 240 g/mol. The summed E-state index contributed by atoms with van der Waals surface area (Å²) in [6.45, 7) is 0. The van der Waals surface area contributed by atoms with Gasteiger partial charge in [0.2, 0.25) is 0 Å². The molecule has 0 amide bonds. The van der Waals surface area contributed by atoms with Crippen LogP contribution in [-0.2, 0) is 7.05 Å². The lowest BCUT2D eigenvalue weighted by Crippen LogP contribution is -2.06. The maximum atomic E-state index is 11.6. The highest BCUT2D eigenvalue weighted by molar-refractivity contribution is 5.70. The van der Waals surface area contributed by atoms with Crippen LogP contribution in [0.4, 0.5) is 0 Å². The Balaban J connectivity index is 1.97. The van der Waals surface area contributed by atoms with E-state index in [1.54, 1.807) is 4.57 Å². The van der Waals surface area contributed by atoms with E-state index in [4.69, 9.17) is 0 Å². The minimum atomic E-state index is -0.216. The number of imidazole rings is 1. The molecule has 1 fully saturated rings. The molecule has 0 radical (unpaired) electrons. The molecule has 0 aliphatic heterocycles. The van der Waals surface area contributed by atoms with Crippen molar-refractivity contribution in [2.24, 2.45) is 13.0 Å². The number of fused-ring (bicyclic) bond motifs is 1. The quantitative estimate of drug-likeness (QED) is 0.728. The van der Waals surface area contributed by atoms with Crippen molar-refractivity contribution in [1.29, 1.82) is 0 Å². The van der Waals surface area contributed by atoms with E-state index in [1.807, 2.05) is 7.05 Å². The van der Waals surface area contributed by atoms with E-state index >= 15 is 0 Å². The van der Waals surface area contributed by atoms with Gasteiger partial charge < -0.3 is 9.55 Å². The normalized spacial score (nSPS) is 16.3. The molecule has 0 spiro atoms. The van der Waals surface area contributed by atoms with Gasteiger partial charge in [-0.1, -0.05) is 25.2 Å². The minimum absolute atomic E-state index is 0.216. The number of hydrogen-bond acceptors (Lipinski definition) is 3. The average Bonchev–Trinajstić information content (AvgIpc) is 2.77. The Morgan fingerprint density at radius 1 is 1.37 bits per heavy atom. The van der Waals surface area contributed by atoms with Crippen LogP contribution in [-0.4, -0.2) is 19.5 Å². The zero-order chi connectivity index (χ0) is 13.2. The van der Waals surface area contributed by atoms with Crippen molar-refractivity contribution in [1.82, 2.24) is 19.5 Å². The summed E-state index contributed by atoms with van der Waals surface area (Å²) in [5, 5.41) is 0. The molecule has 1 aliphatic rings. The molecule has 2 heterocycles. The fourth-order valence-electron chi connectivity index (χ4n) is 2.54. The Labute approximate surface area is 111 Å². The van der Waals surface area contributed by atoms with E-state index in [0.717, 1.165) is 0 Å². The van der Waals surface area contributed by atoms with Crippen LogP contribution in [0, 0.1) is 17.8 Å². The third-order valence-electron chi connectivity index (χ3n) is 3.66. The van der Waals surface area contributed by atoms with E-state index in [-0.39, 0.29) is 5.56 Å². The molecule has 98 valence electrons. The summed E-state index contributed by atoms with van der Waals surface area (Å²) in [5.74, 6) is 7.48. The minimum Gasteiger partial charge on any atom is -0.311 e. The molecule has 0 bridgehead atoms. The van der Waals surface area contributed by atoms with Gasteiger partial charge in [-0.15, -0.1) is 0 Å². The van der Waals surface area contributed by atoms with Crippen LogP contribution in [0.5, 0.6) is 0 Å². The van der Waals surface area contributed by atoms with E-state index in [1.165, 1.54) is 38.4 Å². The Kier molecular flexibility index (Phi) is 3.08. The van der Waals surface area contributed by atoms with Gasteiger partial charge in [0, 0.05) is 13.0 Å². The monoisotopic (exact) mass is 256 g/mol. The Hall–Kier alpha value is -2.09. The first kappa shape index (κ1) is 12.0. The van der Waals surface area contributed by atoms with Crippen LogP contribution in [0.25, 0.3) is 11.2 Å². The van der Waals surface area contributed by atoms with E-state index in [9.17, 15) is 4.79 Å². The second-order valence-corrected chi connectivity index (χ2v) is 5.00. The number of nitrogens with zero attached hydrogens (tertiary/aromatic N) is 3. The van der Waals surface area contributed by atoms with E-state index < -0.39 is 0 Å². The second kappa shape index (κ2) is 4.88. The van der Waals surface area contributed by atoms with Crippen molar-refractivity contribution >= 4 is 11.2 Å². The number of aromatic amines is 1. The summed E-state index contributed by atoms with van der Waals surface area (Å²) in [7, 11) is 1.84. The highest BCUT2D eigenvalue weighted by Crippen LogP contribution is 2.22. The standard InChI is InChI=1S/C14H16N4O/c1-18-11(8-7-10-5-3-2-4-6-10)17-12-13(18)15-9-16-14(12)19/h9-10H,2-6H2,1H3,(H,15,16,19). The van der Waals surface area contributed by atoms with E-state index in [0.29, 0.717) is 22.9 Å². The molecule has 5 nitrogen and oxygen atoms in total. The van der Waals surface area contributed by atoms with Gasteiger partial charge in [0.15, 0.2) is 17.0 Å². The molecule has 3 rings (SSSR count). The average molecular weight is 256 g/mol. The molecule has 1 aliphatic carbocycles. The molecule has 0 unspecified atom stereocenters. The number of hydrogen-bond donors (Lipinski definition) is 1. The summed E-state index contributed by atoms with van der Waals surface area (Å²) < 4.78 is 1.78. The third-order valence-corrected chi connectivity index (χ3v) is 3.66. The lowest BCUT2D eigenvalue weighted by atomic mass is 9.90. The van der Waals surface area contributed by atoms with Gasteiger partial charge in [0.05, 0.1) is 6.33 Å². The largest absolute Gasteiger partial charge is 0.311 e. The predicted octanol–water partition coefficient (Wildman–Crippen LogP) is 1.59. The second-order valence-electron chi connectivity index (χ2n) is 5.00. The van der Waals surface area contributed by atoms with Gasteiger partial charge in [-0.05, 0) is 18.8 Å². The summed E-state index contributed by atoms with van der Waals surface area (Å²) in [5.41, 5.74) is 0.723. The van der Waals surface area contributed by atoms with Crippen LogP contribution >= 0.6 is 0 Å². The first-order valence-electron chi connectivity index (χ1n) is 6.67. The number of nitrogens with one attached hydrogen (secondary N) is 1. The van der Waals surface area contributed by atoms with Crippen LogP contribution in [0.2, 0.25) is 0 Å². The smallest absolute Gasteiger partial charge is 0.278 e. The maximum absolute atomic E-state index is 11.6. The maximum Gasteiger partial charge on any atom is 0.278 e. The SMILES string of the molecule is Cn1c(C#CC2CCCCC2)nc2c(=O)[nH]cnc21.